The molecule has 1 fully saturated rings. The molecule has 1 saturated heterocycles. The van der Waals surface area contributed by atoms with Crippen LogP contribution in [0.25, 0.3) is 0 Å². The van der Waals surface area contributed by atoms with Crippen LogP contribution in [0.3, 0.4) is 0 Å². The summed E-state index contributed by atoms with van der Waals surface area (Å²) >= 11 is 2.53. The van der Waals surface area contributed by atoms with E-state index in [1.165, 1.54) is 53.3 Å². The molecule has 3 heterocycles. The largest absolute Gasteiger partial charge is 0.477 e. The number of carbonyl (C=O) groups excluding carboxylic acids is 5. The average molecular weight is 681 g/mol. The Hall–Kier alpha value is -5.23. The number of fused-ring (bicyclic) bond motifs is 1. The smallest absolute Gasteiger partial charge is 0.352 e. The maximum absolute atomic E-state index is 13.7. The summed E-state index contributed by atoms with van der Waals surface area (Å²) in [6.07, 6.45) is 0. The summed E-state index contributed by atoms with van der Waals surface area (Å²) < 4.78 is 6.66. The number of rotatable bonds is 11. The second-order valence-electron chi connectivity index (χ2n) is 10.3. The van der Waals surface area contributed by atoms with E-state index in [0.29, 0.717) is 16.3 Å². The lowest BCUT2D eigenvalue weighted by Crippen LogP contribution is -2.71. The maximum Gasteiger partial charge on any atom is 0.352 e. The van der Waals surface area contributed by atoms with Gasteiger partial charge in [0, 0.05) is 44.2 Å². The van der Waals surface area contributed by atoms with Crippen molar-refractivity contribution in [2.75, 3.05) is 16.8 Å². The number of aryl methyl sites for hydroxylation is 1. The fraction of sp³-hybridized carbons (Fsp3) is 0.276. The molecule has 5 rings (SSSR count). The van der Waals surface area contributed by atoms with Gasteiger partial charge in [0.15, 0.2) is 0 Å². The van der Waals surface area contributed by atoms with Crippen molar-refractivity contribution in [3.63, 3.8) is 0 Å². The molecule has 0 aliphatic carbocycles. The number of esters is 1. The van der Waals surface area contributed by atoms with Crippen LogP contribution in [0.15, 0.2) is 65.0 Å². The molecule has 3 aromatic rings. The number of thioether (sulfide) groups is 2. The van der Waals surface area contributed by atoms with Crippen LogP contribution in [-0.4, -0.2) is 88.7 Å². The van der Waals surface area contributed by atoms with Crippen molar-refractivity contribution in [2.24, 2.45) is 7.05 Å². The van der Waals surface area contributed by atoms with Gasteiger partial charge in [0.25, 0.3) is 11.8 Å². The van der Waals surface area contributed by atoms with E-state index in [1.807, 2.05) is 0 Å². The lowest BCUT2D eigenvalue weighted by molar-refractivity contribution is -0.151. The third kappa shape index (κ3) is 7.28. The highest BCUT2D eigenvalue weighted by molar-refractivity contribution is 8.01. The van der Waals surface area contributed by atoms with E-state index in [9.17, 15) is 33.9 Å². The SMILES string of the molecule is CC(=O)Nc1ccc(C(=O)N[C@H](C(=O)NC2C(=O)N3C(C(=O)O)=C(CSc4nnnn4C)CS[C@@H]23)c2ccccc2)c(OC(C)=O)c1. The van der Waals surface area contributed by atoms with Gasteiger partial charge in [-0.05, 0) is 33.7 Å². The Labute approximate surface area is 275 Å². The molecule has 4 N–H and O–H groups in total. The van der Waals surface area contributed by atoms with Crippen LogP contribution >= 0.6 is 23.5 Å². The van der Waals surface area contributed by atoms with Crippen molar-refractivity contribution >= 4 is 64.8 Å². The predicted octanol–water partition coefficient (Wildman–Crippen LogP) is 1.10. The number of carboxylic acids is 1. The highest BCUT2D eigenvalue weighted by Crippen LogP contribution is 2.41. The molecule has 0 bridgehead atoms. The Morgan fingerprint density at radius 1 is 1.13 bits per heavy atom. The second kappa shape index (κ2) is 14.0. The summed E-state index contributed by atoms with van der Waals surface area (Å²) in [5.41, 5.74) is 0.942. The van der Waals surface area contributed by atoms with E-state index >= 15 is 0 Å². The van der Waals surface area contributed by atoms with Gasteiger partial charge in [0.1, 0.15) is 28.9 Å². The highest BCUT2D eigenvalue weighted by atomic mass is 32.2. The molecule has 3 atom stereocenters. The third-order valence-electron chi connectivity index (χ3n) is 6.98. The molecule has 4 amide bonds. The first-order valence-corrected chi connectivity index (χ1v) is 16.0. The van der Waals surface area contributed by atoms with Crippen molar-refractivity contribution in [1.82, 2.24) is 35.7 Å². The number of amides is 4. The van der Waals surface area contributed by atoms with Crippen molar-refractivity contribution in [1.29, 1.82) is 0 Å². The molecular weight excluding hydrogens is 653 g/mol. The van der Waals surface area contributed by atoms with Crippen LogP contribution in [0.1, 0.15) is 35.8 Å². The summed E-state index contributed by atoms with van der Waals surface area (Å²) in [5.74, 6) is -4.09. The maximum atomic E-state index is 13.7. The lowest BCUT2D eigenvalue weighted by Gasteiger charge is -2.49. The summed E-state index contributed by atoms with van der Waals surface area (Å²) in [5, 5.41) is 28.9. The van der Waals surface area contributed by atoms with E-state index in [1.54, 1.807) is 37.4 Å². The number of carboxylic acid groups (broad SMARTS) is 1. The monoisotopic (exact) mass is 680 g/mol. The van der Waals surface area contributed by atoms with Gasteiger partial charge in [-0.25, -0.2) is 9.48 Å². The topological polar surface area (TPSA) is 215 Å². The lowest BCUT2D eigenvalue weighted by atomic mass is 10.0. The number of tetrazole rings is 1. The molecule has 1 aromatic heterocycles. The zero-order valence-electron chi connectivity index (χ0n) is 25.1. The van der Waals surface area contributed by atoms with Crippen molar-refractivity contribution in [2.45, 2.75) is 36.5 Å². The van der Waals surface area contributed by atoms with Gasteiger partial charge in [-0.15, -0.1) is 16.9 Å². The second-order valence-corrected chi connectivity index (χ2v) is 12.4. The van der Waals surface area contributed by atoms with Crippen LogP contribution in [0, 0.1) is 0 Å². The highest BCUT2D eigenvalue weighted by Gasteiger charge is 2.54. The number of benzene rings is 2. The van der Waals surface area contributed by atoms with E-state index in [-0.39, 0.29) is 40.1 Å². The number of nitrogens with one attached hydrogen (secondary N) is 3. The summed E-state index contributed by atoms with van der Waals surface area (Å²) in [6, 6.07) is 10.0. The van der Waals surface area contributed by atoms with E-state index in [0.717, 1.165) is 11.8 Å². The van der Waals surface area contributed by atoms with Crippen LogP contribution in [0.2, 0.25) is 0 Å². The minimum atomic E-state index is -1.29. The normalized spacial score (nSPS) is 17.6. The minimum Gasteiger partial charge on any atom is -0.477 e. The Kier molecular flexibility index (Phi) is 9.90. The van der Waals surface area contributed by atoms with Gasteiger partial charge in [0.05, 0.1) is 5.56 Å². The number of carbonyl (C=O) groups is 6. The quantitative estimate of drug-likeness (QED) is 0.0967. The van der Waals surface area contributed by atoms with Crippen LogP contribution < -0.4 is 20.7 Å². The Bertz CT molecular complexity index is 1800. The Morgan fingerprint density at radius 2 is 1.87 bits per heavy atom. The van der Waals surface area contributed by atoms with Gasteiger partial charge in [-0.2, -0.15) is 0 Å². The van der Waals surface area contributed by atoms with Gasteiger partial charge in [-0.3, -0.25) is 28.9 Å². The number of anilines is 1. The van der Waals surface area contributed by atoms with Crippen molar-refractivity contribution in [3.05, 3.63) is 70.9 Å². The molecule has 2 aliphatic rings. The van der Waals surface area contributed by atoms with Crippen molar-refractivity contribution < 1.29 is 38.6 Å². The van der Waals surface area contributed by atoms with Crippen LogP contribution in [0.4, 0.5) is 5.69 Å². The number of ether oxygens (including phenoxy) is 1. The van der Waals surface area contributed by atoms with Gasteiger partial charge >= 0.3 is 11.9 Å². The van der Waals surface area contributed by atoms with Gasteiger partial charge < -0.3 is 25.8 Å². The van der Waals surface area contributed by atoms with Crippen molar-refractivity contribution in [3.8, 4) is 5.75 Å². The average Bonchev–Trinajstić information content (AvgIpc) is 3.44. The summed E-state index contributed by atoms with van der Waals surface area (Å²) in [6.45, 7) is 2.45. The molecule has 0 radical (unpaired) electrons. The summed E-state index contributed by atoms with van der Waals surface area (Å²) in [4.78, 5) is 77.3. The zero-order chi connectivity index (χ0) is 33.8. The standard InChI is InChI=1S/C29H28N8O8S2/c1-14(38)30-18-9-10-19(20(11-18)45-15(2)39)24(40)31-21(16-7-5-4-6-8-16)25(41)32-22-26(42)37-23(28(43)44)17(12-46-27(22)37)13-47-29-33-34-35-36(29)3/h4-11,21-22,27H,12-13H2,1-3H3,(H,30,38)(H,31,40)(H,32,41)(H,43,44)/t21-,22?,27-/m0/s1. The third-order valence-corrected chi connectivity index (χ3v) is 9.41. The first-order valence-electron chi connectivity index (χ1n) is 14.0. The van der Waals surface area contributed by atoms with Gasteiger partial charge in [0.2, 0.25) is 17.0 Å². The Morgan fingerprint density at radius 3 is 2.51 bits per heavy atom. The molecule has 2 aromatic carbocycles. The molecule has 47 heavy (non-hydrogen) atoms. The minimum absolute atomic E-state index is 0.0875. The van der Waals surface area contributed by atoms with E-state index in [2.05, 4.69) is 31.5 Å². The van der Waals surface area contributed by atoms with E-state index in [4.69, 9.17) is 4.74 Å². The van der Waals surface area contributed by atoms with Crippen LogP contribution in [0.5, 0.6) is 5.75 Å². The number of β-lactam (4-membered cyclic amide) rings is 1. The first-order chi connectivity index (χ1) is 22.4. The van der Waals surface area contributed by atoms with Gasteiger partial charge in [-0.1, -0.05) is 42.1 Å². The molecule has 0 spiro atoms. The fourth-order valence-corrected chi connectivity index (χ4v) is 7.25. The summed E-state index contributed by atoms with van der Waals surface area (Å²) in [7, 11) is 1.65. The first kappa shape index (κ1) is 33.1. The fourth-order valence-electron chi connectivity index (χ4n) is 4.91. The molecular formula is C29H28N8O8S2. The predicted molar refractivity (Wildman–Crippen MR) is 168 cm³/mol. The molecule has 0 saturated carbocycles. The number of hydrogen-bond acceptors (Lipinski definition) is 12. The number of aromatic nitrogens is 4. The number of nitrogens with zero attached hydrogens (tertiary/aromatic N) is 5. The molecule has 2 aliphatic heterocycles. The molecule has 244 valence electrons. The molecule has 18 heteroatoms. The zero-order valence-corrected chi connectivity index (χ0v) is 26.8. The molecule has 1 unspecified atom stereocenters. The number of aliphatic carboxylic acids is 1. The van der Waals surface area contributed by atoms with Crippen LogP contribution in [-0.2, 0) is 31.0 Å². The Balaban J connectivity index is 1.35. The number of hydrogen-bond donors (Lipinski definition) is 4. The van der Waals surface area contributed by atoms with E-state index < -0.39 is 47.1 Å². The molecule has 16 nitrogen and oxygen atoms in total.